The number of halogens is 1. The minimum absolute atomic E-state index is 0.377. The van der Waals surface area contributed by atoms with Crippen molar-refractivity contribution in [3.05, 3.63) is 64.2 Å². The quantitative estimate of drug-likeness (QED) is 0.832. The van der Waals surface area contributed by atoms with Crippen molar-refractivity contribution in [2.45, 2.75) is 13.3 Å². The van der Waals surface area contributed by atoms with Crippen LogP contribution in [0.15, 0.2) is 42.5 Å². The second-order valence-corrected chi connectivity index (χ2v) is 4.33. The van der Waals surface area contributed by atoms with Gasteiger partial charge in [0.1, 0.15) is 5.75 Å². The standard InChI is InChI=1S/C14H13ClO/c1-10-4-2-6-12(14(10)16)8-11-5-3-7-13(15)9-11/h2-7,9,16H,8H2,1H3. The molecule has 0 heterocycles. The average molecular weight is 233 g/mol. The van der Waals surface area contributed by atoms with Crippen molar-refractivity contribution >= 4 is 11.6 Å². The van der Waals surface area contributed by atoms with Crippen LogP contribution in [0.5, 0.6) is 5.75 Å². The fourth-order valence-corrected chi connectivity index (χ4v) is 1.94. The summed E-state index contributed by atoms with van der Waals surface area (Å²) in [6, 6.07) is 13.5. The van der Waals surface area contributed by atoms with Crippen molar-refractivity contribution in [3.8, 4) is 5.75 Å². The van der Waals surface area contributed by atoms with Crippen molar-refractivity contribution in [3.63, 3.8) is 0 Å². The van der Waals surface area contributed by atoms with Gasteiger partial charge in [-0.25, -0.2) is 0 Å². The molecule has 2 aromatic rings. The Hall–Kier alpha value is -1.47. The number of rotatable bonds is 2. The molecular formula is C14H13ClO. The molecular weight excluding hydrogens is 220 g/mol. The number of hydrogen-bond acceptors (Lipinski definition) is 1. The van der Waals surface area contributed by atoms with Gasteiger partial charge in [-0.3, -0.25) is 0 Å². The van der Waals surface area contributed by atoms with E-state index in [9.17, 15) is 5.11 Å². The summed E-state index contributed by atoms with van der Waals surface area (Å²) in [5, 5.41) is 10.6. The summed E-state index contributed by atoms with van der Waals surface area (Å²) in [4.78, 5) is 0. The van der Waals surface area contributed by atoms with Crippen molar-refractivity contribution in [1.82, 2.24) is 0 Å². The Labute approximate surface area is 100 Å². The van der Waals surface area contributed by atoms with Gasteiger partial charge in [0.05, 0.1) is 0 Å². The molecule has 0 atom stereocenters. The highest BCUT2D eigenvalue weighted by atomic mass is 35.5. The van der Waals surface area contributed by atoms with Crippen LogP contribution < -0.4 is 0 Å². The molecule has 1 N–H and O–H groups in total. The maximum absolute atomic E-state index is 9.90. The molecule has 1 nitrogen and oxygen atoms in total. The van der Waals surface area contributed by atoms with E-state index >= 15 is 0 Å². The van der Waals surface area contributed by atoms with Gasteiger partial charge in [0.25, 0.3) is 0 Å². The Morgan fingerprint density at radius 3 is 2.62 bits per heavy atom. The predicted octanol–water partition coefficient (Wildman–Crippen LogP) is 3.94. The van der Waals surface area contributed by atoms with E-state index in [1.165, 1.54) is 0 Å². The summed E-state index contributed by atoms with van der Waals surface area (Å²) in [6.07, 6.45) is 0.702. The summed E-state index contributed by atoms with van der Waals surface area (Å²) < 4.78 is 0. The van der Waals surface area contributed by atoms with Gasteiger partial charge in [0.2, 0.25) is 0 Å². The van der Waals surface area contributed by atoms with E-state index in [0.717, 1.165) is 21.7 Å². The molecule has 0 unspecified atom stereocenters. The summed E-state index contributed by atoms with van der Waals surface area (Å²) in [6.45, 7) is 1.90. The highest BCUT2D eigenvalue weighted by Crippen LogP contribution is 2.24. The summed E-state index contributed by atoms with van der Waals surface area (Å²) in [5.41, 5.74) is 2.94. The van der Waals surface area contributed by atoms with Crippen LogP contribution in [-0.4, -0.2) is 5.11 Å². The highest BCUT2D eigenvalue weighted by molar-refractivity contribution is 6.30. The third-order valence-electron chi connectivity index (χ3n) is 2.60. The van der Waals surface area contributed by atoms with Crippen LogP contribution in [0.4, 0.5) is 0 Å². The summed E-state index contributed by atoms with van der Waals surface area (Å²) >= 11 is 5.92. The average Bonchev–Trinajstić information content (AvgIpc) is 2.25. The van der Waals surface area contributed by atoms with Crippen LogP contribution in [-0.2, 0) is 6.42 Å². The molecule has 2 rings (SSSR count). The molecule has 16 heavy (non-hydrogen) atoms. The van der Waals surface area contributed by atoms with E-state index in [4.69, 9.17) is 11.6 Å². The molecule has 0 aliphatic heterocycles. The van der Waals surface area contributed by atoms with Crippen LogP contribution in [0.25, 0.3) is 0 Å². The Kier molecular flexibility index (Phi) is 3.16. The van der Waals surface area contributed by atoms with Gasteiger partial charge in [-0.05, 0) is 35.7 Å². The van der Waals surface area contributed by atoms with E-state index in [-0.39, 0.29) is 0 Å². The molecule has 82 valence electrons. The molecule has 0 bridgehead atoms. The topological polar surface area (TPSA) is 20.2 Å². The monoisotopic (exact) mass is 232 g/mol. The van der Waals surface area contributed by atoms with Crippen molar-refractivity contribution < 1.29 is 5.11 Å². The first kappa shape index (κ1) is 11.0. The first-order chi connectivity index (χ1) is 7.66. The lowest BCUT2D eigenvalue weighted by molar-refractivity contribution is 0.465. The molecule has 2 heteroatoms. The van der Waals surface area contributed by atoms with Crippen molar-refractivity contribution in [1.29, 1.82) is 0 Å². The van der Waals surface area contributed by atoms with Gasteiger partial charge >= 0.3 is 0 Å². The molecule has 0 aliphatic rings. The van der Waals surface area contributed by atoms with E-state index in [0.29, 0.717) is 12.2 Å². The van der Waals surface area contributed by atoms with Crippen LogP contribution in [0.1, 0.15) is 16.7 Å². The molecule has 0 spiro atoms. The Morgan fingerprint density at radius 1 is 1.12 bits per heavy atom. The fraction of sp³-hybridized carbons (Fsp3) is 0.143. The third kappa shape index (κ3) is 2.37. The maximum atomic E-state index is 9.90. The second kappa shape index (κ2) is 4.58. The van der Waals surface area contributed by atoms with Gasteiger partial charge in [-0.15, -0.1) is 0 Å². The lowest BCUT2D eigenvalue weighted by atomic mass is 10.0. The van der Waals surface area contributed by atoms with E-state index in [2.05, 4.69) is 0 Å². The number of para-hydroxylation sites is 1. The molecule has 0 aromatic heterocycles. The molecule has 0 saturated carbocycles. The fourth-order valence-electron chi connectivity index (χ4n) is 1.73. The summed E-state index contributed by atoms with van der Waals surface area (Å²) in [7, 11) is 0. The van der Waals surface area contributed by atoms with Crippen LogP contribution >= 0.6 is 11.6 Å². The Balaban J connectivity index is 2.31. The zero-order valence-corrected chi connectivity index (χ0v) is 9.83. The molecule has 0 saturated heterocycles. The Morgan fingerprint density at radius 2 is 1.88 bits per heavy atom. The van der Waals surface area contributed by atoms with Crippen LogP contribution in [0, 0.1) is 6.92 Å². The van der Waals surface area contributed by atoms with Crippen molar-refractivity contribution in [2.24, 2.45) is 0 Å². The zero-order chi connectivity index (χ0) is 11.5. The maximum Gasteiger partial charge on any atom is 0.122 e. The smallest absolute Gasteiger partial charge is 0.122 e. The SMILES string of the molecule is Cc1cccc(Cc2cccc(Cl)c2)c1O. The highest BCUT2D eigenvalue weighted by Gasteiger charge is 2.04. The largest absolute Gasteiger partial charge is 0.507 e. The van der Waals surface area contributed by atoms with Crippen LogP contribution in [0.2, 0.25) is 5.02 Å². The van der Waals surface area contributed by atoms with E-state index in [1.54, 1.807) is 0 Å². The number of phenolic OH excluding ortho intramolecular Hbond substituents is 1. The van der Waals surface area contributed by atoms with E-state index < -0.39 is 0 Å². The minimum atomic E-state index is 0.377. The number of aromatic hydroxyl groups is 1. The third-order valence-corrected chi connectivity index (χ3v) is 2.84. The van der Waals surface area contributed by atoms with E-state index in [1.807, 2.05) is 49.4 Å². The lowest BCUT2D eigenvalue weighted by Crippen LogP contribution is -1.90. The van der Waals surface area contributed by atoms with Gasteiger partial charge < -0.3 is 5.11 Å². The second-order valence-electron chi connectivity index (χ2n) is 3.89. The van der Waals surface area contributed by atoms with Crippen LogP contribution in [0.3, 0.4) is 0 Å². The van der Waals surface area contributed by atoms with Gasteiger partial charge in [-0.1, -0.05) is 41.9 Å². The van der Waals surface area contributed by atoms with Crippen molar-refractivity contribution in [2.75, 3.05) is 0 Å². The zero-order valence-electron chi connectivity index (χ0n) is 9.07. The molecule has 2 aromatic carbocycles. The van der Waals surface area contributed by atoms with Gasteiger partial charge in [0.15, 0.2) is 0 Å². The molecule has 0 amide bonds. The predicted molar refractivity (Wildman–Crippen MR) is 67.1 cm³/mol. The molecule has 0 radical (unpaired) electrons. The minimum Gasteiger partial charge on any atom is -0.507 e. The first-order valence-corrected chi connectivity index (χ1v) is 5.56. The Bertz CT molecular complexity index is 506. The first-order valence-electron chi connectivity index (χ1n) is 5.19. The lowest BCUT2D eigenvalue weighted by Gasteiger charge is -2.07. The molecule has 0 fully saturated rings. The van der Waals surface area contributed by atoms with Gasteiger partial charge in [0, 0.05) is 11.4 Å². The number of phenols is 1. The normalized spacial score (nSPS) is 10.4. The molecule has 0 aliphatic carbocycles. The number of hydrogen-bond donors (Lipinski definition) is 1. The van der Waals surface area contributed by atoms with Gasteiger partial charge in [-0.2, -0.15) is 0 Å². The number of aryl methyl sites for hydroxylation is 1. The summed E-state index contributed by atoms with van der Waals surface area (Å²) in [5.74, 6) is 0.377. The number of benzene rings is 2.